The van der Waals surface area contributed by atoms with Crippen LogP contribution < -0.4 is 10.6 Å². The van der Waals surface area contributed by atoms with Crippen molar-refractivity contribution in [1.82, 2.24) is 15.6 Å². The van der Waals surface area contributed by atoms with Gasteiger partial charge in [-0.1, -0.05) is 17.7 Å². The van der Waals surface area contributed by atoms with E-state index >= 15 is 0 Å². The van der Waals surface area contributed by atoms with E-state index in [0.29, 0.717) is 22.0 Å². The van der Waals surface area contributed by atoms with E-state index in [-0.39, 0.29) is 10.9 Å². The minimum atomic E-state index is -0.708. The molecule has 2 aromatic rings. The third-order valence-electron chi connectivity index (χ3n) is 5.12. The second-order valence-corrected chi connectivity index (χ2v) is 8.15. The van der Waals surface area contributed by atoms with Crippen LogP contribution >= 0.6 is 22.9 Å². The van der Waals surface area contributed by atoms with Gasteiger partial charge in [0.25, 0.3) is 0 Å². The van der Waals surface area contributed by atoms with Gasteiger partial charge in [0.15, 0.2) is 10.8 Å². The van der Waals surface area contributed by atoms with Crippen LogP contribution in [0, 0.1) is 11.7 Å². The Morgan fingerprint density at radius 1 is 1.34 bits per heavy atom. The number of aromatic nitrogens is 1. The second-order valence-electron chi connectivity index (χ2n) is 6.85. The van der Waals surface area contributed by atoms with Gasteiger partial charge < -0.3 is 15.4 Å². The number of ether oxygens (including phenoxy) is 1. The maximum atomic E-state index is 13.7. The van der Waals surface area contributed by atoms with Crippen molar-refractivity contribution in [1.29, 1.82) is 0 Å². The fourth-order valence-corrected chi connectivity index (χ4v) is 4.59. The van der Waals surface area contributed by atoms with E-state index < -0.39 is 17.8 Å². The molecule has 1 unspecified atom stereocenters. The lowest BCUT2D eigenvalue weighted by atomic mass is 9.86. The molecule has 4 rings (SSSR count). The van der Waals surface area contributed by atoms with Crippen LogP contribution in [0.2, 0.25) is 5.02 Å². The lowest BCUT2D eigenvalue weighted by Crippen LogP contribution is -2.40. The number of hydrogen-bond acceptors (Lipinski definition) is 7. The normalized spacial score (nSPS) is 20.2. The number of carbonyl (C=O) groups is 1. The Balaban J connectivity index is 1.88. The van der Waals surface area contributed by atoms with Gasteiger partial charge in [0, 0.05) is 33.8 Å². The molecular formula is C20H20ClFN4O2S. The number of benzene rings is 1. The fourth-order valence-electron chi connectivity index (χ4n) is 3.73. The molecule has 6 nitrogen and oxygen atoms in total. The van der Waals surface area contributed by atoms with Crippen molar-refractivity contribution in [2.24, 2.45) is 10.9 Å². The van der Waals surface area contributed by atoms with Crippen molar-refractivity contribution in [2.75, 3.05) is 20.2 Å². The summed E-state index contributed by atoms with van der Waals surface area (Å²) in [5.74, 6) is -0.207. The Morgan fingerprint density at radius 2 is 2.14 bits per heavy atom. The zero-order valence-corrected chi connectivity index (χ0v) is 17.3. The van der Waals surface area contributed by atoms with Gasteiger partial charge in [0.2, 0.25) is 0 Å². The highest BCUT2D eigenvalue weighted by Crippen LogP contribution is 2.39. The Hall–Kier alpha value is -2.29. The number of rotatable bonds is 4. The van der Waals surface area contributed by atoms with Crippen LogP contribution in [0.1, 0.15) is 29.5 Å². The summed E-state index contributed by atoms with van der Waals surface area (Å²) in [5, 5.41) is 9.48. The first-order valence-electron chi connectivity index (χ1n) is 9.31. The predicted molar refractivity (Wildman–Crippen MR) is 111 cm³/mol. The van der Waals surface area contributed by atoms with E-state index in [2.05, 4.69) is 15.6 Å². The van der Waals surface area contributed by atoms with Crippen molar-refractivity contribution >= 4 is 34.7 Å². The van der Waals surface area contributed by atoms with Crippen molar-refractivity contribution in [3.8, 4) is 0 Å². The van der Waals surface area contributed by atoms with Gasteiger partial charge in [0.1, 0.15) is 11.9 Å². The van der Waals surface area contributed by atoms with Crippen molar-refractivity contribution in [3.05, 3.63) is 62.5 Å². The number of allylic oxidation sites excluding steroid dienone is 1. The molecule has 9 heteroatoms. The van der Waals surface area contributed by atoms with Crippen LogP contribution in [0.15, 0.2) is 46.0 Å². The van der Waals surface area contributed by atoms with Crippen LogP contribution in [-0.4, -0.2) is 37.0 Å². The smallest absolute Gasteiger partial charge is 0.338 e. The highest BCUT2D eigenvalue weighted by atomic mass is 35.5. The Labute approximate surface area is 176 Å². The van der Waals surface area contributed by atoms with E-state index in [1.54, 1.807) is 12.3 Å². The summed E-state index contributed by atoms with van der Waals surface area (Å²) in [6, 6.07) is 3.41. The molecule has 152 valence electrons. The summed E-state index contributed by atoms with van der Waals surface area (Å²) in [6.45, 7) is 1.71. The summed E-state index contributed by atoms with van der Waals surface area (Å²) in [5.41, 5.74) is 1.74. The third-order valence-corrected chi connectivity index (χ3v) is 6.23. The average molecular weight is 435 g/mol. The number of nitrogens with one attached hydrogen (secondary N) is 2. The molecule has 0 spiro atoms. The summed E-state index contributed by atoms with van der Waals surface area (Å²) in [7, 11) is 1.35. The zero-order chi connectivity index (χ0) is 20.4. The number of esters is 1. The molecule has 0 aliphatic carbocycles. The Morgan fingerprint density at radius 3 is 2.79 bits per heavy atom. The van der Waals surface area contributed by atoms with Crippen LogP contribution in [0.25, 0.3) is 0 Å². The number of halogens is 2. The van der Waals surface area contributed by atoms with E-state index in [1.165, 1.54) is 30.6 Å². The summed E-state index contributed by atoms with van der Waals surface area (Å²) < 4.78 is 18.8. The van der Waals surface area contributed by atoms with E-state index in [1.807, 2.05) is 5.38 Å². The van der Waals surface area contributed by atoms with Gasteiger partial charge >= 0.3 is 5.97 Å². The van der Waals surface area contributed by atoms with Gasteiger partial charge in [-0.3, -0.25) is 4.99 Å². The summed E-state index contributed by atoms with van der Waals surface area (Å²) >= 11 is 7.80. The van der Waals surface area contributed by atoms with Crippen molar-refractivity contribution in [2.45, 2.75) is 18.9 Å². The first kappa shape index (κ1) is 20.0. The minimum Gasteiger partial charge on any atom is -0.466 e. The molecule has 2 N–H and O–H groups in total. The van der Waals surface area contributed by atoms with Crippen LogP contribution in [0.5, 0.6) is 0 Å². The molecular weight excluding hydrogens is 415 g/mol. The minimum absolute atomic E-state index is 0.137. The van der Waals surface area contributed by atoms with Crippen molar-refractivity contribution < 1.29 is 13.9 Å². The lowest BCUT2D eigenvalue weighted by molar-refractivity contribution is -0.136. The number of thiazole rings is 1. The topological polar surface area (TPSA) is 75.6 Å². The molecule has 3 heterocycles. The van der Waals surface area contributed by atoms with Gasteiger partial charge in [-0.2, -0.15) is 0 Å². The van der Waals surface area contributed by atoms with E-state index in [0.717, 1.165) is 31.6 Å². The monoisotopic (exact) mass is 434 g/mol. The van der Waals surface area contributed by atoms with Crippen molar-refractivity contribution in [3.63, 3.8) is 0 Å². The van der Waals surface area contributed by atoms with Gasteiger partial charge in [-0.15, -0.1) is 11.3 Å². The largest absolute Gasteiger partial charge is 0.466 e. The molecule has 1 atom stereocenters. The van der Waals surface area contributed by atoms with Crippen LogP contribution in [-0.2, 0) is 9.53 Å². The molecule has 0 saturated carbocycles. The molecule has 29 heavy (non-hydrogen) atoms. The highest BCUT2D eigenvalue weighted by Gasteiger charge is 2.36. The molecule has 1 aromatic carbocycles. The first-order valence-corrected chi connectivity index (χ1v) is 10.6. The fraction of sp³-hybridized carbons (Fsp3) is 0.350. The average Bonchev–Trinajstić information content (AvgIpc) is 3.28. The Bertz CT molecular complexity index is 971. The number of hydrogen-bond donors (Lipinski definition) is 2. The SMILES string of the molecule is COC(=O)C1=C(C2CCNCC2)NC(c2nccs2)=NC1c1ccc(F)cc1Cl. The number of amidine groups is 1. The highest BCUT2D eigenvalue weighted by molar-refractivity contribution is 7.11. The van der Waals surface area contributed by atoms with Gasteiger partial charge in [-0.05, 0) is 38.1 Å². The molecule has 2 aliphatic heterocycles. The zero-order valence-electron chi connectivity index (χ0n) is 15.7. The quantitative estimate of drug-likeness (QED) is 0.721. The first-order chi connectivity index (χ1) is 14.1. The predicted octanol–water partition coefficient (Wildman–Crippen LogP) is 3.45. The standard InChI is InChI=1S/C20H20ClFN4O2S/c1-28-20(27)15-16(11-4-6-23-7-5-11)25-18(19-24-8-9-29-19)26-17(15)13-3-2-12(22)10-14(13)21/h2-3,8-11,17,23H,4-7H2,1H3,(H,25,26). The second kappa shape index (κ2) is 8.61. The summed E-state index contributed by atoms with van der Waals surface area (Å²) in [6.07, 6.45) is 3.45. The number of nitrogens with zero attached hydrogens (tertiary/aromatic N) is 2. The third kappa shape index (κ3) is 4.05. The van der Waals surface area contributed by atoms with Gasteiger partial charge in [0.05, 0.1) is 12.7 Å². The molecule has 0 bridgehead atoms. The molecule has 2 aliphatic rings. The maximum Gasteiger partial charge on any atom is 0.338 e. The van der Waals surface area contributed by atoms with E-state index in [9.17, 15) is 9.18 Å². The number of carbonyl (C=O) groups excluding carboxylic acids is 1. The maximum absolute atomic E-state index is 13.7. The summed E-state index contributed by atoms with van der Waals surface area (Å²) in [4.78, 5) is 21.9. The molecule has 1 fully saturated rings. The molecule has 0 amide bonds. The van der Waals surface area contributed by atoms with Crippen LogP contribution in [0.4, 0.5) is 4.39 Å². The Kier molecular flexibility index (Phi) is 5.94. The number of aliphatic imine (C=N–C) groups is 1. The number of piperidine rings is 1. The van der Waals surface area contributed by atoms with Gasteiger partial charge in [-0.25, -0.2) is 14.2 Å². The molecule has 1 aromatic heterocycles. The van der Waals surface area contributed by atoms with Crippen LogP contribution in [0.3, 0.4) is 0 Å². The van der Waals surface area contributed by atoms with E-state index in [4.69, 9.17) is 21.3 Å². The lowest BCUT2D eigenvalue weighted by Gasteiger charge is -2.33. The number of methoxy groups -OCH3 is 1. The molecule has 1 saturated heterocycles. The molecule has 0 radical (unpaired) electrons.